The zero-order valence-corrected chi connectivity index (χ0v) is 27.4. The number of carbonyl (C=O) groups excluding carboxylic acids is 4. The van der Waals surface area contributed by atoms with Crippen molar-refractivity contribution in [1.82, 2.24) is 21.3 Å². The van der Waals surface area contributed by atoms with Crippen LogP contribution in [0.2, 0.25) is 0 Å². The zero-order valence-electron chi connectivity index (χ0n) is 25.8. The maximum absolute atomic E-state index is 12.9. The van der Waals surface area contributed by atoms with Gasteiger partial charge in [-0.2, -0.15) is 12.6 Å². The van der Waals surface area contributed by atoms with Crippen molar-refractivity contribution in [3.05, 3.63) is 59.3 Å². The highest BCUT2D eigenvalue weighted by Crippen LogP contribution is 2.19. The van der Waals surface area contributed by atoms with Crippen molar-refractivity contribution in [3.8, 4) is 0 Å². The van der Waals surface area contributed by atoms with Gasteiger partial charge in [-0.3, -0.25) is 14.4 Å². The van der Waals surface area contributed by atoms with Gasteiger partial charge in [-0.1, -0.05) is 81.3 Å². The third-order valence-corrected chi connectivity index (χ3v) is 6.00. The van der Waals surface area contributed by atoms with Crippen LogP contribution in [-0.4, -0.2) is 54.8 Å². The molecule has 4 N–H and O–H groups in total. The molecule has 0 spiro atoms. The first-order valence-corrected chi connectivity index (χ1v) is 15.2. The summed E-state index contributed by atoms with van der Waals surface area (Å²) >= 11 is 9.97. The Bertz CT molecular complexity index is 1010. The average molecular weight is 625 g/mol. The normalized spacial score (nSPS) is 14.2. The standard InChI is InChI=1S/C31H49ClN4O5S/c1-7-12-23(2)13-8-9-15-27(38)36-28(31(4,5)6)29(39)34-19-10-14-25(17-16-24(3)32)41-30(40)35-21-11-20-33-26(37)18-22-42/h8-10,12-13,15-16,19,25,28,42H,7,11,14,17-18,20-22H2,1-6H3,(H,33,37)(H,34,39)(H,35,40)(H,36,38). The van der Waals surface area contributed by atoms with E-state index in [9.17, 15) is 19.2 Å². The van der Waals surface area contributed by atoms with Gasteiger partial charge in [0.15, 0.2) is 0 Å². The zero-order chi connectivity index (χ0) is 32.0. The van der Waals surface area contributed by atoms with Crippen molar-refractivity contribution in [2.75, 3.05) is 18.8 Å². The number of allylic oxidation sites excluding steroid dienone is 6. The summed E-state index contributed by atoms with van der Waals surface area (Å²) in [5, 5.41) is 11.5. The van der Waals surface area contributed by atoms with Crippen LogP contribution in [0, 0.1) is 5.41 Å². The molecule has 0 bridgehead atoms. The SMILES string of the molecule is CCC=C(C)C=CC=CC(=O)NC(C(=O)NC=CCC(CC=C(C)Cl)OC(=O)NCCCNC(=O)CCS)C(C)(C)C. The number of halogens is 1. The summed E-state index contributed by atoms with van der Waals surface area (Å²) in [5.74, 6) is -0.349. The second-order valence-electron chi connectivity index (χ2n) is 10.7. The van der Waals surface area contributed by atoms with Gasteiger partial charge in [-0.25, -0.2) is 4.79 Å². The lowest BCUT2D eigenvalue weighted by atomic mass is 9.86. The molecule has 0 rings (SSSR count). The number of ether oxygens (including phenoxy) is 1. The van der Waals surface area contributed by atoms with Crippen LogP contribution in [0.4, 0.5) is 4.79 Å². The number of nitrogens with one attached hydrogen (secondary N) is 4. The summed E-state index contributed by atoms with van der Waals surface area (Å²) in [5.41, 5.74) is 0.560. The molecule has 0 saturated heterocycles. The molecule has 0 radical (unpaired) electrons. The highest BCUT2D eigenvalue weighted by Gasteiger charge is 2.31. The van der Waals surface area contributed by atoms with Gasteiger partial charge in [-0.05, 0) is 44.1 Å². The lowest BCUT2D eigenvalue weighted by Crippen LogP contribution is -2.52. The molecule has 4 amide bonds. The monoisotopic (exact) mass is 624 g/mol. The summed E-state index contributed by atoms with van der Waals surface area (Å²) in [7, 11) is 0. The minimum atomic E-state index is -0.785. The van der Waals surface area contributed by atoms with Gasteiger partial charge in [0, 0.05) is 43.5 Å². The van der Waals surface area contributed by atoms with Gasteiger partial charge in [-0.15, -0.1) is 0 Å². The average Bonchev–Trinajstić information content (AvgIpc) is 2.89. The minimum Gasteiger partial charge on any atom is -0.446 e. The maximum atomic E-state index is 12.9. The van der Waals surface area contributed by atoms with E-state index in [1.54, 1.807) is 31.2 Å². The molecular formula is C31H49ClN4O5S. The van der Waals surface area contributed by atoms with Crippen LogP contribution in [0.1, 0.15) is 73.6 Å². The van der Waals surface area contributed by atoms with Crippen LogP contribution in [0.5, 0.6) is 0 Å². The fraction of sp³-hybridized carbons (Fsp3) is 0.548. The van der Waals surface area contributed by atoms with E-state index in [1.807, 2.05) is 33.8 Å². The molecule has 9 nitrogen and oxygen atoms in total. The van der Waals surface area contributed by atoms with E-state index < -0.39 is 23.7 Å². The predicted molar refractivity (Wildman–Crippen MR) is 174 cm³/mol. The number of hydrogen-bond acceptors (Lipinski definition) is 6. The summed E-state index contributed by atoms with van der Waals surface area (Å²) in [6.07, 6.45) is 15.1. The van der Waals surface area contributed by atoms with Crippen molar-refractivity contribution in [2.45, 2.75) is 85.8 Å². The highest BCUT2D eigenvalue weighted by atomic mass is 35.5. The van der Waals surface area contributed by atoms with Gasteiger partial charge in [0.25, 0.3) is 0 Å². The second-order valence-corrected chi connectivity index (χ2v) is 11.7. The van der Waals surface area contributed by atoms with E-state index >= 15 is 0 Å². The van der Waals surface area contributed by atoms with Crippen molar-refractivity contribution < 1.29 is 23.9 Å². The molecule has 0 aromatic carbocycles. The molecule has 236 valence electrons. The van der Waals surface area contributed by atoms with Crippen molar-refractivity contribution in [2.24, 2.45) is 5.41 Å². The molecule has 0 aromatic rings. The quantitative estimate of drug-likeness (QED) is 0.0599. The molecule has 2 atom stereocenters. The fourth-order valence-corrected chi connectivity index (χ4v) is 3.72. The Morgan fingerprint density at radius 2 is 1.64 bits per heavy atom. The number of rotatable bonds is 18. The Labute approximate surface area is 262 Å². The smallest absolute Gasteiger partial charge is 0.407 e. The Kier molecular flexibility index (Phi) is 21.0. The number of alkyl carbamates (subject to hydrolysis) is 1. The third-order valence-electron chi connectivity index (χ3n) is 5.62. The largest absolute Gasteiger partial charge is 0.446 e. The van der Waals surface area contributed by atoms with E-state index in [0.29, 0.717) is 49.6 Å². The lowest BCUT2D eigenvalue weighted by molar-refractivity contribution is -0.129. The van der Waals surface area contributed by atoms with Crippen LogP contribution >= 0.6 is 24.2 Å². The van der Waals surface area contributed by atoms with Crippen LogP contribution in [0.15, 0.2) is 59.3 Å². The molecule has 0 fully saturated rings. The molecule has 0 saturated carbocycles. The first-order valence-electron chi connectivity index (χ1n) is 14.2. The highest BCUT2D eigenvalue weighted by molar-refractivity contribution is 7.80. The summed E-state index contributed by atoms with van der Waals surface area (Å²) in [6.45, 7) is 12.1. The van der Waals surface area contributed by atoms with Crippen LogP contribution < -0.4 is 21.3 Å². The minimum absolute atomic E-state index is 0.0821. The van der Waals surface area contributed by atoms with Crippen LogP contribution in [-0.2, 0) is 19.1 Å². The predicted octanol–water partition coefficient (Wildman–Crippen LogP) is 5.46. The topological polar surface area (TPSA) is 126 Å². The van der Waals surface area contributed by atoms with Crippen molar-refractivity contribution in [1.29, 1.82) is 0 Å². The number of thiol groups is 1. The van der Waals surface area contributed by atoms with E-state index in [-0.39, 0.29) is 17.7 Å². The second kappa shape index (κ2) is 22.6. The van der Waals surface area contributed by atoms with E-state index in [2.05, 4.69) is 46.9 Å². The molecule has 11 heteroatoms. The number of carbonyl (C=O) groups is 4. The van der Waals surface area contributed by atoms with Gasteiger partial charge in [0.05, 0.1) is 0 Å². The summed E-state index contributed by atoms with van der Waals surface area (Å²) in [6, 6.07) is -0.785. The summed E-state index contributed by atoms with van der Waals surface area (Å²) < 4.78 is 5.52. The van der Waals surface area contributed by atoms with Crippen molar-refractivity contribution in [3.63, 3.8) is 0 Å². The Morgan fingerprint density at radius 3 is 2.26 bits per heavy atom. The number of amides is 4. The van der Waals surface area contributed by atoms with Gasteiger partial charge in [0.1, 0.15) is 12.1 Å². The van der Waals surface area contributed by atoms with E-state index in [1.165, 1.54) is 12.3 Å². The van der Waals surface area contributed by atoms with Gasteiger partial charge < -0.3 is 26.0 Å². The first kappa shape index (κ1) is 39.0. The van der Waals surface area contributed by atoms with Gasteiger partial charge in [0.2, 0.25) is 17.7 Å². The van der Waals surface area contributed by atoms with Crippen molar-refractivity contribution >= 4 is 48.0 Å². The molecule has 0 aliphatic carbocycles. The molecule has 0 aliphatic heterocycles. The Morgan fingerprint density at radius 1 is 0.976 bits per heavy atom. The molecule has 42 heavy (non-hydrogen) atoms. The first-order chi connectivity index (χ1) is 19.8. The van der Waals surface area contributed by atoms with E-state index in [4.69, 9.17) is 16.3 Å². The Balaban J connectivity index is 4.97. The lowest BCUT2D eigenvalue weighted by Gasteiger charge is -2.29. The molecular weight excluding hydrogens is 576 g/mol. The Hall–Kier alpha value is -2.98. The number of hydrogen-bond donors (Lipinski definition) is 5. The molecule has 2 unspecified atom stereocenters. The van der Waals surface area contributed by atoms with E-state index in [0.717, 1.165) is 12.0 Å². The molecule has 0 aliphatic rings. The summed E-state index contributed by atoms with van der Waals surface area (Å²) in [4.78, 5) is 49.1. The third kappa shape index (κ3) is 20.8. The van der Waals surface area contributed by atoms with Crippen LogP contribution in [0.3, 0.4) is 0 Å². The molecule has 0 heterocycles. The molecule has 0 aromatic heterocycles. The maximum Gasteiger partial charge on any atom is 0.407 e. The fourth-order valence-electron chi connectivity index (χ4n) is 3.43. The van der Waals surface area contributed by atoms with Crippen LogP contribution in [0.25, 0.3) is 0 Å². The van der Waals surface area contributed by atoms with Gasteiger partial charge >= 0.3 is 6.09 Å².